The molecule has 2 fully saturated rings. The third kappa shape index (κ3) is 7.98. The van der Waals surface area contributed by atoms with Gasteiger partial charge in [-0.2, -0.15) is 0 Å². The highest BCUT2D eigenvalue weighted by Crippen LogP contribution is 2.39. The van der Waals surface area contributed by atoms with Gasteiger partial charge in [-0.15, -0.1) is 0 Å². The third-order valence-corrected chi connectivity index (χ3v) is 9.71. The summed E-state index contributed by atoms with van der Waals surface area (Å²) >= 11 is 0. The zero-order chi connectivity index (χ0) is 35.4. The van der Waals surface area contributed by atoms with Crippen molar-refractivity contribution in [2.45, 2.75) is 88.1 Å². The number of aromatic amines is 1. The van der Waals surface area contributed by atoms with Crippen LogP contribution in [0, 0.1) is 5.82 Å². The first-order valence-electron chi connectivity index (χ1n) is 17.2. The lowest BCUT2D eigenvalue weighted by Gasteiger charge is -2.33. The van der Waals surface area contributed by atoms with E-state index in [0.29, 0.717) is 28.1 Å². The van der Waals surface area contributed by atoms with Crippen molar-refractivity contribution in [2.24, 2.45) is 0 Å². The average molecular weight is 683 g/mol. The minimum atomic E-state index is -0.855. The van der Waals surface area contributed by atoms with E-state index in [-0.39, 0.29) is 50.5 Å². The molecule has 10 heteroatoms. The highest BCUT2D eigenvalue weighted by molar-refractivity contribution is 5.99. The highest BCUT2D eigenvalue weighted by Gasteiger charge is 2.38. The summed E-state index contributed by atoms with van der Waals surface area (Å²) in [5.41, 5.74) is 4.83. The Hall–Kier alpha value is -4.80. The number of aliphatic hydroxyl groups is 2. The second-order valence-electron chi connectivity index (χ2n) is 13.6. The van der Waals surface area contributed by atoms with Crippen molar-refractivity contribution in [2.75, 3.05) is 6.54 Å². The van der Waals surface area contributed by atoms with Crippen LogP contribution in [0.2, 0.25) is 0 Å². The van der Waals surface area contributed by atoms with Gasteiger partial charge < -0.3 is 30.0 Å². The minimum absolute atomic E-state index is 0.0725. The predicted octanol–water partition coefficient (Wildman–Crippen LogP) is 5.92. The van der Waals surface area contributed by atoms with Gasteiger partial charge in [-0.05, 0) is 58.9 Å². The van der Waals surface area contributed by atoms with E-state index in [0.717, 1.165) is 11.1 Å². The third-order valence-electron chi connectivity index (χ3n) is 9.71. The van der Waals surface area contributed by atoms with Crippen LogP contribution in [0.3, 0.4) is 0 Å². The van der Waals surface area contributed by atoms with Crippen LogP contribution in [-0.4, -0.2) is 64.0 Å². The van der Waals surface area contributed by atoms with Gasteiger partial charge in [-0.1, -0.05) is 74.5 Å². The maximum Gasteiger partial charge on any atom is 0.308 e. The molecule has 0 spiro atoms. The number of carbonyl (C=O) groups excluding carboxylic acids is 3. The number of amides is 1. The summed E-state index contributed by atoms with van der Waals surface area (Å²) in [5.74, 6) is -2.69. The number of halogens is 1. The number of aliphatic hydroxyl groups excluding tert-OH is 2. The zero-order valence-electron chi connectivity index (χ0n) is 28.2. The second-order valence-corrected chi connectivity index (χ2v) is 13.6. The predicted molar refractivity (Wildman–Crippen MR) is 185 cm³/mol. The number of H-pyrrole nitrogens is 1. The van der Waals surface area contributed by atoms with E-state index in [2.05, 4.69) is 10.3 Å². The monoisotopic (exact) mass is 682 g/mol. The molecule has 4 N–H and O–H groups in total. The van der Waals surface area contributed by atoms with Crippen molar-refractivity contribution in [3.8, 4) is 11.3 Å². The zero-order valence-corrected chi connectivity index (χ0v) is 28.2. The Bertz CT molecular complexity index is 1790. The summed E-state index contributed by atoms with van der Waals surface area (Å²) in [6, 6.07) is 25.1. The van der Waals surface area contributed by atoms with Crippen LogP contribution in [-0.2, 0) is 25.5 Å². The van der Waals surface area contributed by atoms with Crippen LogP contribution >= 0.6 is 0 Å². The number of carbonyl (C=O) groups is 3. The molecule has 1 amide bonds. The molecular formula is C40H43FN2O7. The Kier molecular flexibility index (Phi) is 10.8. The van der Waals surface area contributed by atoms with E-state index >= 15 is 0 Å². The number of rotatable bonds is 11. The quantitative estimate of drug-likeness (QED) is 0.144. The highest BCUT2D eigenvalue weighted by atomic mass is 19.1. The number of cyclic esters (lactones) is 2. The van der Waals surface area contributed by atoms with E-state index in [1.54, 1.807) is 12.1 Å². The molecule has 0 aliphatic carbocycles. The molecule has 50 heavy (non-hydrogen) atoms. The van der Waals surface area contributed by atoms with Crippen molar-refractivity contribution < 1.29 is 38.5 Å². The number of hydrogen-bond donors (Lipinski definition) is 4. The molecule has 9 nitrogen and oxygen atoms in total. The molecule has 6 atom stereocenters. The molecule has 3 aromatic carbocycles. The molecular weight excluding hydrogens is 639 g/mol. The summed E-state index contributed by atoms with van der Waals surface area (Å²) in [6.45, 7) is 4.07. The maximum atomic E-state index is 14.6. The Labute approximate surface area is 290 Å². The molecule has 6 unspecified atom stereocenters. The SMILES string of the molecule is CC(C)c1[nH]c(-c2ccc(F)cc2)c(CC(c2ccccc2)C2CC(O)CC(=O)O2)c1C(=O)NCC(c1ccccc1)C1CC(O)CC(=O)O1. The number of esters is 2. The van der Waals surface area contributed by atoms with E-state index in [9.17, 15) is 29.0 Å². The minimum Gasteiger partial charge on any atom is -0.462 e. The normalized spacial score (nSPS) is 22.0. The molecule has 0 bridgehead atoms. The van der Waals surface area contributed by atoms with Gasteiger partial charge in [-0.25, -0.2) is 4.39 Å². The van der Waals surface area contributed by atoms with Crippen LogP contribution in [0.25, 0.3) is 11.3 Å². The topological polar surface area (TPSA) is 138 Å². The lowest BCUT2D eigenvalue weighted by atomic mass is 9.81. The lowest BCUT2D eigenvalue weighted by Crippen LogP contribution is -2.41. The molecule has 4 aromatic rings. The van der Waals surface area contributed by atoms with E-state index in [1.807, 2.05) is 74.5 Å². The second kappa shape index (κ2) is 15.4. The van der Waals surface area contributed by atoms with Crippen molar-refractivity contribution >= 4 is 17.8 Å². The van der Waals surface area contributed by atoms with E-state index in [1.165, 1.54) is 12.1 Å². The van der Waals surface area contributed by atoms with Gasteiger partial charge in [0.2, 0.25) is 0 Å². The number of ether oxygens (including phenoxy) is 2. The van der Waals surface area contributed by atoms with Gasteiger partial charge in [0, 0.05) is 42.6 Å². The summed E-state index contributed by atoms with van der Waals surface area (Å²) in [7, 11) is 0. The number of hydrogen-bond acceptors (Lipinski definition) is 7. The van der Waals surface area contributed by atoms with E-state index < -0.39 is 54.0 Å². The van der Waals surface area contributed by atoms with E-state index in [4.69, 9.17) is 9.47 Å². The molecule has 1 aromatic heterocycles. The first-order chi connectivity index (χ1) is 24.1. The van der Waals surface area contributed by atoms with Gasteiger partial charge in [0.25, 0.3) is 5.91 Å². The van der Waals surface area contributed by atoms with Gasteiger partial charge in [-0.3, -0.25) is 14.4 Å². The fourth-order valence-electron chi connectivity index (χ4n) is 7.27. The molecule has 0 radical (unpaired) electrons. The summed E-state index contributed by atoms with van der Waals surface area (Å²) in [5, 5.41) is 24.1. The molecule has 0 saturated carbocycles. The molecule has 3 heterocycles. The van der Waals surface area contributed by atoms with Gasteiger partial charge in [0.15, 0.2) is 0 Å². The first kappa shape index (κ1) is 35.0. The van der Waals surface area contributed by atoms with Gasteiger partial charge in [0.05, 0.1) is 30.6 Å². The summed E-state index contributed by atoms with van der Waals surface area (Å²) in [6.07, 6.45) is -2.40. The summed E-state index contributed by atoms with van der Waals surface area (Å²) < 4.78 is 25.7. The van der Waals surface area contributed by atoms with Gasteiger partial charge in [0.1, 0.15) is 18.0 Å². The van der Waals surface area contributed by atoms with Crippen molar-refractivity contribution in [3.05, 3.63) is 119 Å². The van der Waals surface area contributed by atoms with Crippen molar-refractivity contribution in [1.29, 1.82) is 0 Å². The van der Waals surface area contributed by atoms with Crippen molar-refractivity contribution in [3.63, 3.8) is 0 Å². The lowest BCUT2D eigenvalue weighted by molar-refractivity contribution is -0.162. The fourth-order valence-corrected chi connectivity index (χ4v) is 7.27. The molecule has 6 rings (SSSR count). The van der Waals surface area contributed by atoms with Crippen molar-refractivity contribution in [1.82, 2.24) is 10.3 Å². The maximum absolute atomic E-state index is 14.6. The molecule has 2 saturated heterocycles. The van der Waals surface area contributed by atoms with Gasteiger partial charge >= 0.3 is 11.9 Å². The Morgan fingerprint density at radius 1 is 0.820 bits per heavy atom. The Balaban J connectivity index is 1.42. The van der Waals surface area contributed by atoms with Crippen LogP contribution < -0.4 is 5.32 Å². The van der Waals surface area contributed by atoms with Crippen LogP contribution in [0.15, 0.2) is 84.9 Å². The standard InChI is InChI=1S/C40H43FN2O7/c1-23(2)38-37(40(48)42-22-32(25-11-7-4-8-12-25)34-18-29(45)20-36(47)50-34)31(39(43-38)26-13-15-27(41)16-14-26)21-30(24-9-5-3-6-10-24)33-17-28(44)19-35(46)49-33/h3-16,23,28-30,32-34,43-45H,17-22H2,1-2H3,(H,42,48). The number of benzene rings is 3. The Morgan fingerprint density at radius 2 is 1.34 bits per heavy atom. The summed E-state index contributed by atoms with van der Waals surface area (Å²) in [4.78, 5) is 43.0. The molecule has 262 valence electrons. The number of nitrogens with one attached hydrogen (secondary N) is 2. The molecule has 2 aliphatic rings. The first-order valence-corrected chi connectivity index (χ1v) is 17.2. The van der Waals surface area contributed by atoms with Crippen LogP contribution in [0.1, 0.15) is 90.0 Å². The van der Waals surface area contributed by atoms with Crippen LogP contribution in [0.4, 0.5) is 4.39 Å². The fraction of sp³-hybridized carbons (Fsp3) is 0.375. The smallest absolute Gasteiger partial charge is 0.308 e. The van der Waals surface area contributed by atoms with Crippen LogP contribution in [0.5, 0.6) is 0 Å². The average Bonchev–Trinajstić information content (AvgIpc) is 3.47. The number of aromatic nitrogens is 1. The largest absolute Gasteiger partial charge is 0.462 e. The molecule has 2 aliphatic heterocycles. The Morgan fingerprint density at radius 3 is 1.86 bits per heavy atom.